The molecule has 0 atom stereocenters. The molecule has 0 unspecified atom stereocenters. The Kier molecular flexibility index (Phi) is 8.68. The van der Waals surface area contributed by atoms with E-state index in [4.69, 9.17) is 0 Å². The van der Waals surface area contributed by atoms with Crippen LogP contribution in [0.5, 0.6) is 0 Å². The van der Waals surface area contributed by atoms with Crippen LogP contribution in [0.25, 0.3) is 11.1 Å². The number of hydrogen-bond donors (Lipinski definition) is 0. The molecule has 2 aromatic carbocycles. The first-order valence-electron chi connectivity index (χ1n) is 17.3. The zero-order chi connectivity index (χ0) is 29.8. The van der Waals surface area contributed by atoms with Crippen LogP contribution in [0.1, 0.15) is 146 Å². The molecule has 1 heteroatoms. The van der Waals surface area contributed by atoms with Crippen molar-refractivity contribution >= 4 is 6.48 Å². The van der Waals surface area contributed by atoms with E-state index in [-0.39, 0.29) is 10.8 Å². The van der Waals surface area contributed by atoms with Gasteiger partial charge in [-0.05, 0) is 0 Å². The predicted molar refractivity (Wildman–Crippen MR) is 181 cm³/mol. The molecule has 2 fully saturated rings. The van der Waals surface area contributed by atoms with Crippen molar-refractivity contribution in [2.75, 3.05) is 0 Å². The summed E-state index contributed by atoms with van der Waals surface area (Å²) in [6.45, 7) is 19.4. The number of aryl methyl sites for hydroxylation is 1. The van der Waals surface area contributed by atoms with Crippen LogP contribution in [0.15, 0.2) is 39.7 Å². The van der Waals surface area contributed by atoms with Crippen molar-refractivity contribution in [3.05, 3.63) is 73.1 Å². The fourth-order valence-electron chi connectivity index (χ4n) is 9.15. The Morgan fingerprint density at radius 2 is 1.33 bits per heavy atom. The number of hydrogen-bond acceptors (Lipinski definition) is 0. The third kappa shape index (κ3) is 6.00. The van der Waals surface area contributed by atoms with E-state index in [0.717, 1.165) is 18.3 Å². The number of allylic oxidation sites excluding steroid dienone is 4. The van der Waals surface area contributed by atoms with Crippen molar-refractivity contribution in [2.24, 2.45) is 11.8 Å². The topological polar surface area (TPSA) is 0 Å². The van der Waals surface area contributed by atoms with Gasteiger partial charge >= 0.3 is 267 Å². The Labute approximate surface area is 265 Å². The predicted octanol–water partition coefficient (Wildman–Crippen LogP) is 10.9. The second-order valence-electron chi connectivity index (χ2n) is 16.5. The van der Waals surface area contributed by atoms with Crippen molar-refractivity contribution in [1.82, 2.24) is 0 Å². The molecule has 0 aliphatic heterocycles. The second-order valence-corrected chi connectivity index (χ2v) is 22.9. The van der Waals surface area contributed by atoms with E-state index in [1.165, 1.54) is 81.8 Å². The van der Waals surface area contributed by atoms with E-state index < -0.39 is 21.3 Å². The van der Waals surface area contributed by atoms with Crippen molar-refractivity contribution in [3.8, 4) is 11.1 Å². The summed E-state index contributed by atoms with van der Waals surface area (Å²) < 4.78 is 5.85. The second kappa shape index (κ2) is 11.9. The molecule has 0 nitrogen and oxygen atoms in total. The first-order valence-corrected chi connectivity index (χ1v) is 21.0. The molecule has 0 heterocycles. The molecule has 0 bridgehead atoms. The van der Waals surface area contributed by atoms with E-state index in [0.29, 0.717) is 0 Å². The Morgan fingerprint density at radius 3 is 1.86 bits per heavy atom. The average Bonchev–Trinajstić information content (AvgIpc) is 3.72. The third-order valence-electron chi connectivity index (χ3n) is 11.1. The monoisotopic (exact) mass is 638 g/mol. The van der Waals surface area contributed by atoms with E-state index in [2.05, 4.69) is 95.0 Å². The first kappa shape index (κ1) is 30.7. The molecule has 2 saturated carbocycles. The van der Waals surface area contributed by atoms with Gasteiger partial charge in [-0.15, -0.1) is 0 Å². The molecule has 0 amide bonds. The summed E-state index contributed by atoms with van der Waals surface area (Å²) in [5, 5.41) is 0. The van der Waals surface area contributed by atoms with Crippen molar-refractivity contribution < 1.29 is 21.3 Å². The van der Waals surface area contributed by atoms with E-state index in [1.54, 1.807) is 33.4 Å². The molecular weight excluding hydrogens is 584 g/mol. The van der Waals surface area contributed by atoms with Gasteiger partial charge in [0.1, 0.15) is 0 Å². The number of benzene rings is 2. The van der Waals surface area contributed by atoms with Crippen LogP contribution in [0.4, 0.5) is 0 Å². The van der Waals surface area contributed by atoms with Crippen LogP contribution in [0.3, 0.4) is 0 Å². The summed E-state index contributed by atoms with van der Waals surface area (Å²) in [6.07, 6.45) is 24.4. The SMILES string of the molecule is Cc1cc2c(cc1C(C)(C)C)-c1cc(C(C)(C)C)c(C)[c]([Zr]([C]3=CC=CC3)=[C](CC3CCCC3)CC3CCCC3)c1C2. The van der Waals surface area contributed by atoms with Crippen LogP contribution in [0, 0.1) is 25.7 Å². The van der Waals surface area contributed by atoms with E-state index in [9.17, 15) is 0 Å². The Bertz CT molecular complexity index is 1430. The Morgan fingerprint density at radius 1 is 0.762 bits per heavy atom. The van der Waals surface area contributed by atoms with Crippen LogP contribution in [-0.4, -0.2) is 3.21 Å². The minimum atomic E-state index is -2.36. The molecular formula is C41H56Zr. The van der Waals surface area contributed by atoms with Gasteiger partial charge in [0, 0.05) is 0 Å². The van der Waals surface area contributed by atoms with Gasteiger partial charge in [0.15, 0.2) is 0 Å². The van der Waals surface area contributed by atoms with Crippen LogP contribution >= 0.6 is 0 Å². The minimum absolute atomic E-state index is 0.141. The van der Waals surface area contributed by atoms with Gasteiger partial charge in [0.2, 0.25) is 0 Å². The summed E-state index contributed by atoms with van der Waals surface area (Å²) in [5.41, 5.74) is 13.0. The molecule has 2 aromatic rings. The third-order valence-corrected chi connectivity index (χ3v) is 19.3. The maximum atomic E-state index is 2.65. The fourth-order valence-corrected chi connectivity index (χ4v) is 18.3. The summed E-state index contributed by atoms with van der Waals surface area (Å²) in [7, 11) is 0. The van der Waals surface area contributed by atoms with Crippen molar-refractivity contribution in [2.45, 2.75) is 143 Å². The van der Waals surface area contributed by atoms with Crippen molar-refractivity contribution in [3.63, 3.8) is 0 Å². The molecule has 0 spiro atoms. The molecule has 0 N–H and O–H groups in total. The number of rotatable bonds is 6. The molecule has 4 aliphatic rings. The van der Waals surface area contributed by atoms with Gasteiger partial charge in [-0.2, -0.15) is 0 Å². The molecule has 224 valence electrons. The first-order chi connectivity index (χ1) is 19.9. The van der Waals surface area contributed by atoms with E-state index in [1.807, 2.05) is 6.55 Å². The molecule has 4 aliphatic carbocycles. The van der Waals surface area contributed by atoms with Gasteiger partial charge in [-0.3, -0.25) is 0 Å². The molecule has 0 radical (unpaired) electrons. The Balaban J connectivity index is 1.62. The van der Waals surface area contributed by atoms with Crippen LogP contribution in [-0.2, 0) is 38.5 Å². The number of fused-ring (bicyclic) bond motifs is 3. The molecule has 6 rings (SSSR count). The maximum absolute atomic E-state index is 2.65. The summed E-state index contributed by atoms with van der Waals surface area (Å²) >= 11 is -2.36. The summed E-state index contributed by atoms with van der Waals surface area (Å²) in [6, 6.07) is 7.81. The molecule has 0 aromatic heterocycles. The van der Waals surface area contributed by atoms with Crippen LogP contribution < -0.4 is 3.27 Å². The standard InChI is InChI=1S/C23H29.C13H22.C5H5.Zr/c1-14-9-16-11-17-10-15(2)21(23(6,7)8)13-19(17)18(16)12-20(14)22(3,4)5;1-2-7-12(6-1)10-5-11-13-8-3-4-9-13;1-2-4-5-3-1;/h9,12-13H,11H2,1-8H3;12-13H,1-4,6-11H2;1-3H,4H2;. The van der Waals surface area contributed by atoms with Gasteiger partial charge < -0.3 is 0 Å². The summed E-state index contributed by atoms with van der Waals surface area (Å²) in [5.74, 6) is 1.89. The zero-order valence-electron chi connectivity index (χ0n) is 28.1. The normalized spacial score (nSPS) is 19.0. The van der Waals surface area contributed by atoms with Crippen molar-refractivity contribution in [1.29, 1.82) is 0 Å². The Hall–Kier alpha value is -1.33. The van der Waals surface area contributed by atoms with E-state index >= 15 is 0 Å². The molecule has 0 saturated heterocycles. The quantitative estimate of drug-likeness (QED) is 0.252. The fraction of sp³-hybridized carbons (Fsp3) is 0.585. The van der Waals surface area contributed by atoms with Gasteiger partial charge in [-0.25, -0.2) is 0 Å². The average molecular weight is 640 g/mol. The van der Waals surface area contributed by atoms with Crippen LogP contribution in [0.2, 0.25) is 0 Å². The van der Waals surface area contributed by atoms with Gasteiger partial charge in [-0.1, -0.05) is 0 Å². The van der Waals surface area contributed by atoms with Gasteiger partial charge in [0.05, 0.1) is 0 Å². The van der Waals surface area contributed by atoms with Gasteiger partial charge in [0.25, 0.3) is 0 Å². The molecule has 42 heavy (non-hydrogen) atoms. The summed E-state index contributed by atoms with van der Waals surface area (Å²) in [4.78, 5) is 0. The zero-order valence-corrected chi connectivity index (χ0v) is 30.6.